The van der Waals surface area contributed by atoms with E-state index in [4.69, 9.17) is 28.7 Å². The lowest BCUT2D eigenvalue weighted by atomic mass is 10.1. The highest BCUT2D eigenvalue weighted by atomic mass is 16.2. The van der Waals surface area contributed by atoms with Crippen molar-refractivity contribution in [1.82, 2.24) is 16.0 Å². The highest BCUT2D eigenvalue weighted by Gasteiger charge is 2.20. The Morgan fingerprint density at radius 3 is 1.30 bits per heavy atom. The zero-order valence-corrected chi connectivity index (χ0v) is 31.2. The maximum atomic E-state index is 12.9. The number of carbonyl (C=O) groups excluding carboxylic acids is 4. The molecular formula is C36H72N10O4. The first-order chi connectivity index (χ1) is 24.1. The van der Waals surface area contributed by atoms with E-state index in [1.54, 1.807) is 0 Å². The van der Waals surface area contributed by atoms with Crippen LogP contribution < -0.4 is 44.6 Å². The minimum Gasteiger partial charge on any atom is -0.370 e. The van der Waals surface area contributed by atoms with E-state index >= 15 is 0 Å². The summed E-state index contributed by atoms with van der Waals surface area (Å²) in [6.07, 6.45) is 22.6. The van der Waals surface area contributed by atoms with Crippen LogP contribution in [-0.4, -0.2) is 67.3 Å². The summed E-state index contributed by atoms with van der Waals surface area (Å²) >= 11 is 0. The number of primary amides is 1. The third-order valence-electron chi connectivity index (χ3n) is 8.61. The Balaban J connectivity index is 4.11. The monoisotopic (exact) mass is 709 g/mol. The average molecular weight is 709 g/mol. The van der Waals surface area contributed by atoms with Crippen LogP contribution in [-0.2, 0) is 19.2 Å². The first-order valence-electron chi connectivity index (χ1n) is 19.3. The Hall–Kier alpha value is -3.58. The lowest BCUT2D eigenvalue weighted by molar-refractivity contribution is -0.129. The molecule has 0 aliphatic heterocycles. The first kappa shape index (κ1) is 46.4. The second kappa shape index (κ2) is 32.6. The van der Waals surface area contributed by atoms with Crippen molar-refractivity contribution in [3.05, 3.63) is 0 Å². The maximum absolute atomic E-state index is 12.9. The van der Waals surface area contributed by atoms with E-state index in [1.165, 1.54) is 38.5 Å². The van der Waals surface area contributed by atoms with Gasteiger partial charge >= 0.3 is 0 Å². The van der Waals surface area contributed by atoms with Crippen LogP contribution >= 0.6 is 0 Å². The van der Waals surface area contributed by atoms with E-state index < -0.39 is 18.0 Å². The van der Waals surface area contributed by atoms with Crippen molar-refractivity contribution in [1.29, 1.82) is 0 Å². The molecule has 0 fully saturated rings. The summed E-state index contributed by atoms with van der Waals surface area (Å²) in [6.45, 7) is 3.59. The molecule has 14 heteroatoms. The fourth-order valence-corrected chi connectivity index (χ4v) is 5.67. The number of carbonyl (C=O) groups is 4. The molecule has 4 amide bonds. The second-order valence-corrected chi connectivity index (χ2v) is 13.3. The molecule has 0 aliphatic carbocycles. The predicted octanol–water partition coefficient (Wildman–Crippen LogP) is 3.49. The molecule has 0 aromatic carbocycles. The summed E-state index contributed by atoms with van der Waals surface area (Å²) in [5, 5.41) is 8.65. The smallest absolute Gasteiger partial charge is 0.242 e. The van der Waals surface area contributed by atoms with Gasteiger partial charge in [-0.1, -0.05) is 103 Å². The van der Waals surface area contributed by atoms with Crippen LogP contribution in [0.1, 0.15) is 161 Å². The molecule has 13 N–H and O–H groups in total. The Labute approximate surface area is 301 Å². The van der Waals surface area contributed by atoms with Crippen LogP contribution in [0.4, 0.5) is 0 Å². The Bertz CT molecular complexity index is 969. The number of guanidine groups is 2. The summed E-state index contributed by atoms with van der Waals surface area (Å²) in [5.41, 5.74) is 26.8. The maximum Gasteiger partial charge on any atom is 0.242 e. The highest BCUT2D eigenvalue weighted by Crippen LogP contribution is 2.12. The van der Waals surface area contributed by atoms with Crippen molar-refractivity contribution >= 4 is 35.5 Å². The van der Waals surface area contributed by atoms with Gasteiger partial charge in [-0.25, -0.2) is 0 Å². The van der Waals surface area contributed by atoms with Crippen LogP contribution in [0.25, 0.3) is 0 Å². The van der Waals surface area contributed by atoms with Gasteiger partial charge in [0.25, 0.3) is 0 Å². The van der Waals surface area contributed by atoms with E-state index in [9.17, 15) is 19.2 Å². The molecule has 0 rings (SSSR count). The van der Waals surface area contributed by atoms with Gasteiger partial charge in [-0.2, -0.15) is 0 Å². The minimum absolute atomic E-state index is 0.00795. The quantitative estimate of drug-likeness (QED) is 0.0278. The van der Waals surface area contributed by atoms with Crippen LogP contribution in [0.3, 0.4) is 0 Å². The number of hydrogen-bond donors (Lipinski definition) is 8. The average Bonchev–Trinajstić information content (AvgIpc) is 3.06. The number of nitrogens with zero attached hydrogens (tertiary/aromatic N) is 2. The molecule has 0 saturated heterocycles. The van der Waals surface area contributed by atoms with Gasteiger partial charge in [-0.3, -0.25) is 29.2 Å². The normalized spacial score (nSPS) is 12.0. The number of rotatable bonds is 34. The van der Waals surface area contributed by atoms with Gasteiger partial charge in [0.1, 0.15) is 12.1 Å². The molecule has 0 radical (unpaired) electrons. The molecule has 50 heavy (non-hydrogen) atoms. The zero-order chi connectivity index (χ0) is 37.2. The van der Waals surface area contributed by atoms with E-state index in [0.717, 1.165) is 77.0 Å². The van der Waals surface area contributed by atoms with Crippen LogP contribution in [0, 0.1) is 0 Å². The third kappa shape index (κ3) is 30.5. The zero-order valence-electron chi connectivity index (χ0n) is 31.2. The van der Waals surface area contributed by atoms with Crippen molar-refractivity contribution < 1.29 is 19.2 Å². The number of nitrogens with two attached hydrogens (primary N) is 5. The van der Waals surface area contributed by atoms with Gasteiger partial charge < -0.3 is 44.6 Å². The SMILES string of the molecule is CCCCCCCCCCCC(=O)N[C@@H](CCCN=C(N)N)C(=O)NCCCCCCCCCCCC(=O)N[C@@H](CCCN=C(N)N)C(N)=O. The topological polar surface area (TPSA) is 259 Å². The van der Waals surface area contributed by atoms with E-state index in [1.807, 2.05) is 0 Å². The highest BCUT2D eigenvalue weighted by molar-refractivity contribution is 5.87. The standard InChI is InChI=1S/C36H72N10O4/c1-2-3-4-5-6-8-11-15-18-25-32(48)46-30(23-21-28-44-36(40)41)34(50)42-26-19-16-13-10-7-9-12-14-17-24-31(47)45-29(33(37)49)22-20-27-43-35(38)39/h29-30H,2-28H2,1H3,(H2,37,49)(H,42,50)(H,45,47)(H,46,48)(H4,38,39,43)(H4,40,41,44)/t29-,30-/m0/s1. The summed E-state index contributed by atoms with van der Waals surface area (Å²) in [6, 6.07) is -1.30. The number of aliphatic imine (C=N–C) groups is 2. The van der Waals surface area contributed by atoms with Crippen LogP contribution in [0.5, 0.6) is 0 Å². The van der Waals surface area contributed by atoms with Gasteiger partial charge in [0.05, 0.1) is 0 Å². The van der Waals surface area contributed by atoms with Crippen molar-refractivity contribution in [3.8, 4) is 0 Å². The number of unbranched alkanes of at least 4 members (excludes halogenated alkanes) is 16. The van der Waals surface area contributed by atoms with Gasteiger partial charge in [-0.05, 0) is 44.9 Å². The summed E-state index contributed by atoms with van der Waals surface area (Å²) in [5.74, 6) is -0.957. The summed E-state index contributed by atoms with van der Waals surface area (Å²) < 4.78 is 0. The molecule has 0 aromatic rings. The van der Waals surface area contributed by atoms with Gasteiger partial charge in [0, 0.05) is 32.5 Å². The summed E-state index contributed by atoms with van der Waals surface area (Å²) in [7, 11) is 0. The fourth-order valence-electron chi connectivity index (χ4n) is 5.67. The van der Waals surface area contributed by atoms with Crippen molar-refractivity contribution in [2.24, 2.45) is 38.7 Å². The van der Waals surface area contributed by atoms with Gasteiger partial charge in [0.15, 0.2) is 11.9 Å². The van der Waals surface area contributed by atoms with Crippen LogP contribution in [0.15, 0.2) is 9.98 Å². The fraction of sp³-hybridized carbons (Fsp3) is 0.833. The molecule has 0 saturated carbocycles. The molecule has 290 valence electrons. The molecule has 2 atom stereocenters. The number of amides is 4. The predicted molar refractivity (Wildman–Crippen MR) is 204 cm³/mol. The largest absolute Gasteiger partial charge is 0.370 e. The van der Waals surface area contributed by atoms with Crippen molar-refractivity contribution in [2.75, 3.05) is 19.6 Å². The lowest BCUT2D eigenvalue weighted by Gasteiger charge is -2.18. The second-order valence-electron chi connectivity index (χ2n) is 13.3. The first-order valence-corrected chi connectivity index (χ1v) is 19.3. The Kier molecular flexibility index (Phi) is 30.3. The number of hydrogen-bond acceptors (Lipinski definition) is 6. The molecule has 0 bridgehead atoms. The molecule has 0 heterocycles. The molecule has 0 aliphatic rings. The molecule has 0 spiro atoms. The van der Waals surface area contributed by atoms with E-state index in [-0.39, 0.29) is 29.6 Å². The lowest BCUT2D eigenvalue weighted by Crippen LogP contribution is -2.47. The molecule has 14 nitrogen and oxygen atoms in total. The van der Waals surface area contributed by atoms with E-state index in [2.05, 4.69) is 32.9 Å². The van der Waals surface area contributed by atoms with Crippen molar-refractivity contribution in [2.45, 2.75) is 173 Å². The van der Waals surface area contributed by atoms with Gasteiger partial charge in [0.2, 0.25) is 23.6 Å². The van der Waals surface area contributed by atoms with Crippen LogP contribution in [0.2, 0.25) is 0 Å². The summed E-state index contributed by atoms with van der Waals surface area (Å²) in [4.78, 5) is 57.2. The number of nitrogens with one attached hydrogen (secondary N) is 3. The molecule has 0 aromatic heterocycles. The Morgan fingerprint density at radius 1 is 0.500 bits per heavy atom. The molecular weight excluding hydrogens is 636 g/mol. The van der Waals surface area contributed by atoms with E-state index in [0.29, 0.717) is 58.2 Å². The van der Waals surface area contributed by atoms with Gasteiger partial charge in [-0.15, -0.1) is 0 Å². The van der Waals surface area contributed by atoms with Crippen molar-refractivity contribution in [3.63, 3.8) is 0 Å². The Morgan fingerprint density at radius 2 is 0.880 bits per heavy atom. The minimum atomic E-state index is -0.714. The molecule has 0 unspecified atom stereocenters. The third-order valence-corrected chi connectivity index (χ3v) is 8.61.